The minimum Gasteiger partial charge on any atom is -0.481 e. The molecule has 5 nitrogen and oxygen atoms in total. The molecule has 0 aliphatic rings. The number of hydrogen-bond donors (Lipinski definition) is 3. The molecule has 7 heteroatoms. The van der Waals surface area contributed by atoms with Crippen LogP contribution in [0.15, 0.2) is 22.7 Å². The summed E-state index contributed by atoms with van der Waals surface area (Å²) in [6.45, 7) is 1.61. The Hall–Kier alpha value is -1.27. The third kappa shape index (κ3) is 4.93. The van der Waals surface area contributed by atoms with Gasteiger partial charge in [0.15, 0.2) is 0 Å². The fourth-order valence-electron chi connectivity index (χ4n) is 1.29. The summed E-state index contributed by atoms with van der Waals surface area (Å²) in [5.74, 6) is -0.966. The molecule has 1 atom stereocenters. The van der Waals surface area contributed by atoms with Crippen LogP contribution in [-0.2, 0) is 4.79 Å². The molecule has 98 valence electrons. The Labute approximate surface area is 118 Å². The second kappa shape index (κ2) is 6.61. The summed E-state index contributed by atoms with van der Waals surface area (Å²) in [6, 6.07) is 4.04. The monoisotopic (exact) mass is 334 g/mol. The maximum absolute atomic E-state index is 11.6. The molecule has 1 aromatic carbocycles. The Morgan fingerprint density at radius 1 is 1.50 bits per heavy atom. The maximum Gasteiger partial charge on any atom is 0.319 e. The van der Waals surface area contributed by atoms with Crippen LogP contribution in [0.5, 0.6) is 0 Å². The number of rotatable bonds is 4. The van der Waals surface area contributed by atoms with Gasteiger partial charge in [-0.2, -0.15) is 0 Å². The second-order valence-corrected chi connectivity index (χ2v) is 5.01. The van der Waals surface area contributed by atoms with Gasteiger partial charge in [0, 0.05) is 15.5 Å². The van der Waals surface area contributed by atoms with Crippen LogP contribution in [-0.4, -0.2) is 23.1 Å². The zero-order chi connectivity index (χ0) is 13.7. The molecule has 1 rings (SSSR count). The van der Waals surface area contributed by atoms with E-state index >= 15 is 0 Å². The lowest BCUT2D eigenvalue weighted by Crippen LogP contribution is -2.37. The first-order valence-corrected chi connectivity index (χ1v) is 6.30. The van der Waals surface area contributed by atoms with Crippen LogP contribution in [0.25, 0.3) is 0 Å². The van der Waals surface area contributed by atoms with Crippen LogP contribution < -0.4 is 10.6 Å². The topological polar surface area (TPSA) is 78.4 Å². The van der Waals surface area contributed by atoms with Crippen molar-refractivity contribution < 1.29 is 14.7 Å². The molecule has 0 aromatic heterocycles. The Balaban J connectivity index is 2.59. The van der Waals surface area contributed by atoms with E-state index in [1.165, 1.54) is 0 Å². The predicted octanol–water partition coefficient (Wildman–Crippen LogP) is 3.09. The number of carboxylic acid groups (broad SMARTS) is 1. The van der Waals surface area contributed by atoms with Crippen molar-refractivity contribution in [1.82, 2.24) is 5.32 Å². The van der Waals surface area contributed by atoms with Gasteiger partial charge in [0.25, 0.3) is 0 Å². The molecular formula is C11H12BrClN2O3. The fourth-order valence-corrected chi connectivity index (χ4v) is 1.81. The molecule has 0 aliphatic heterocycles. The van der Waals surface area contributed by atoms with Crippen LogP contribution >= 0.6 is 27.5 Å². The van der Waals surface area contributed by atoms with Crippen molar-refractivity contribution >= 4 is 45.2 Å². The molecule has 0 heterocycles. The number of benzene rings is 1. The van der Waals surface area contributed by atoms with Gasteiger partial charge in [0.05, 0.1) is 12.1 Å². The molecule has 1 aromatic rings. The van der Waals surface area contributed by atoms with Crippen molar-refractivity contribution in [2.75, 3.05) is 5.32 Å². The van der Waals surface area contributed by atoms with Crippen LogP contribution in [0.2, 0.25) is 5.02 Å². The lowest BCUT2D eigenvalue weighted by Gasteiger charge is -2.13. The molecule has 0 radical (unpaired) electrons. The summed E-state index contributed by atoms with van der Waals surface area (Å²) in [6.07, 6.45) is -0.135. The van der Waals surface area contributed by atoms with Crippen molar-refractivity contribution in [3.05, 3.63) is 27.7 Å². The molecule has 0 spiro atoms. The van der Waals surface area contributed by atoms with Gasteiger partial charge in [-0.05, 0) is 41.1 Å². The highest BCUT2D eigenvalue weighted by atomic mass is 79.9. The number of halogens is 2. The number of urea groups is 1. The van der Waals surface area contributed by atoms with E-state index < -0.39 is 18.0 Å². The molecule has 18 heavy (non-hydrogen) atoms. The minimum absolute atomic E-state index is 0.135. The average molecular weight is 336 g/mol. The molecule has 0 saturated heterocycles. The lowest BCUT2D eigenvalue weighted by atomic mass is 10.2. The molecule has 2 amide bonds. The molecule has 0 fully saturated rings. The zero-order valence-corrected chi connectivity index (χ0v) is 11.9. The third-order valence-electron chi connectivity index (χ3n) is 2.03. The van der Waals surface area contributed by atoms with E-state index in [9.17, 15) is 9.59 Å². The van der Waals surface area contributed by atoms with E-state index in [2.05, 4.69) is 26.6 Å². The van der Waals surface area contributed by atoms with Crippen molar-refractivity contribution in [2.45, 2.75) is 19.4 Å². The van der Waals surface area contributed by atoms with Gasteiger partial charge in [-0.3, -0.25) is 4.79 Å². The summed E-state index contributed by atoms with van der Waals surface area (Å²) in [5.41, 5.74) is 0.516. The van der Waals surface area contributed by atoms with Crippen LogP contribution in [0.4, 0.5) is 10.5 Å². The predicted molar refractivity (Wildman–Crippen MR) is 73.0 cm³/mol. The zero-order valence-electron chi connectivity index (χ0n) is 9.54. The number of aliphatic carboxylic acids is 1. The molecule has 1 unspecified atom stereocenters. The van der Waals surface area contributed by atoms with Gasteiger partial charge in [0.1, 0.15) is 0 Å². The highest BCUT2D eigenvalue weighted by Crippen LogP contribution is 2.25. The van der Waals surface area contributed by atoms with Gasteiger partial charge >= 0.3 is 12.0 Å². The summed E-state index contributed by atoms with van der Waals surface area (Å²) in [4.78, 5) is 22.0. The molecule has 0 aliphatic carbocycles. The van der Waals surface area contributed by atoms with E-state index in [0.717, 1.165) is 0 Å². The summed E-state index contributed by atoms with van der Waals surface area (Å²) in [7, 11) is 0. The first kappa shape index (κ1) is 14.8. The largest absolute Gasteiger partial charge is 0.481 e. The highest BCUT2D eigenvalue weighted by Gasteiger charge is 2.12. The first-order chi connectivity index (χ1) is 8.38. The Morgan fingerprint density at radius 3 is 2.78 bits per heavy atom. The van der Waals surface area contributed by atoms with Crippen molar-refractivity contribution in [2.24, 2.45) is 0 Å². The standard InChI is InChI=1S/C11H12BrClN2O3/c1-6(4-10(16)17)14-11(18)15-9-5-7(13)2-3-8(9)12/h2-3,5-6H,4H2,1H3,(H,16,17)(H2,14,15,18). The van der Waals surface area contributed by atoms with E-state index in [1.54, 1.807) is 25.1 Å². The van der Waals surface area contributed by atoms with Gasteiger partial charge < -0.3 is 15.7 Å². The molecule has 3 N–H and O–H groups in total. The van der Waals surface area contributed by atoms with Crippen molar-refractivity contribution in [3.63, 3.8) is 0 Å². The quantitative estimate of drug-likeness (QED) is 0.791. The second-order valence-electron chi connectivity index (χ2n) is 3.72. The number of carbonyl (C=O) groups is 2. The Kier molecular flexibility index (Phi) is 5.43. The number of anilines is 1. The number of nitrogens with one attached hydrogen (secondary N) is 2. The summed E-state index contributed by atoms with van der Waals surface area (Å²) in [5, 5.41) is 14.2. The average Bonchev–Trinajstić information content (AvgIpc) is 2.21. The van der Waals surface area contributed by atoms with E-state index in [0.29, 0.717) is 15.2 Å². The van der Waals surface area contributed by atoms with Crippen LogP contribution in [0.3, 0.4) is 0 Å². The normalized spacial score (nSPS) is 11.7. The maximum atomic E-state index is 11.6. The highest BCUT2D eigenvalue weighted by molar-refractivity contribution is 9.10. The molecule has 0 saturated carbocycles. The van der Waals surface area contributed by atoms with Gasteiger partial charge in [-0.25, -0.2) is 4.79 Å². The Morgan fingerprint density at radius 2 is 2.17 bits per heavy atom. The lowest BCUT2D eigenvalue weighted by molar-refractivity contribution is -0.137. The van der Waals surface area contributed by atoms with Gasteiger partial charge in [0.2, 0.25) is 0 Å². The first-order valence-electron chi connectivity index (χ1n) is 5.13. The fraction of sp³-hybridized carbons (Fsp3) is 0.273. The van der Waals surface area contributed by atoms with Crippen molar-refractivity contribution in [3.8, 4) is 0 Å². The molecule has 0 bridgehead atoms. The number of carboxylic acids is 1. The number of carbonyl (C=O) groups excluding carboxylic acids is 1. The number of hydrogen-bond acceptors (Lipinski definition) is 2. The third-order valence-corrected chi connectivity index (χ3v) is 2.96. The van der Waals surface area contributed by atoms with Crippen molar-refractivity contribution in [1.29, 1.82) is 0 Å². The minimum atomic E-state index is -0.966. The van der Waals surface area contributed by atoms with Gasteiger partial charge in [-0.1, -0.05) is 11.6 Å². The number of amides is 2. The Bertz CT molecular complexity index is 468. The SMILES string of the molecule is CC(CC(=O)O)NC(=O)Nc1cc(Cl)ccc1Br. The summed E-state index contributed by atoms with van der Waals surface area (Å²) < 4.78 is 0.688. The van der Waals surface area contributed by atoms with Crippen LogP contribution in [0, 0.1) is 0 Å². The summed E-state index contributed by atoms with van der Waals surface area (Å²) >= 11 is 9.07. The smallest absolute Gasteiger partial charge is 0.319 e. The molecular weight excluding hydrogens is 323 g/mol. The van der Waals surface area contributed by atoms with Gasteiger partial charge in [-0.15, -0.1) is 0 Å². The van der Waals surface area contributed by atoms with Crippen LogP contribution in [0.1, 0.15) is 13.3 Å². The van der Waals surface area contributed by atoms with E-state index in [4.69, 9.17) is 16.7 Å². The van der Waals surface area contributed by atoms with E-state index in [1.807, 2.05) is 0 Å². The van der Waals surface area contributed by atoms with E-state index in [-0.39, 0.29) is 6.42 Å².